The van der Waals surface area contributed by atoms with Crippen LogP contribution in [0.5, 0.6) is 5.88 Å². The number of fused-ring (bicyclic) bond motifs is 1. The third-order valence-corrected chi connectivity index (χ3v) is 3.67. The van der Waals surface area contributed by atoms with E-state index in [-0.39, 0.29) is 5.97 Å². The highest BCUT2D eigenvalue weighted by Gasteiger charge is 2.12. The van der Waals surface area contributed by atoms with Gasteiger partial charge in [0.05, 0.1) is 24.6 Å². The summed E-state index contributed by atoms with van der Waals surface area (Å²) < 4.78 is 10.3. The van der Waals surface area contributed by atoms with Crippen LogP contribution >= 0.6 is 0 Å². The molecule has 0 spiro atoms. The summed E-state index contributed by atoms with van der Waals surface area (Å²) in [6.07, 6.45) is 1.52. The van der Waals surface area contributed by atoms with Crippen LogP contribution in [0.3, 0.4) is 0 Å². The molecule has 0 bridgehead atoms. The quantitative estimate of drug-likeness (QED) is 0.576. The van der Waals surface area contributed by atoms with Crippen LogP contribution in [0.25, 0.3) is 16.5 Å². The maximum absolute atomic E-state index is 12.0. The lowest BCUT2D eigenvalue weighted by atomic mass is 9.96. The largest absolute Gasteiger partial charge is 0.480 e. The van der Waals surface area contributed by atoms with Gasteiger partial charge in [0.2, 0.25) is 5.88 Å². The first-order chi connectivity index (χ1) is 11.7. The summed E-state index contributed by atoms with van der Waals surface area (Å²) in [5.41, 5.74) is 3.49. The van der Waals surface area contributed by atoms with E-state index in [1.165, 1.54) is 6.08 Å². The number of esters is 1. The maximum atomic E-state index is 12.0. The van der Waals surface area contributed by atoms with Crippen LogP contribution < -0.4 is 4.74 Å². The van der Waals surface area contributed by atoms with Crippen LogP contribution in [0.15, 0.2) is 54.6 Å². The molecule has 3 aromatic rings. The van der Waals surface area contributed by atoms with E-state index in [2.05, 4.69) is 10.2 Å². The van der Waals surface area contributed by atoms with E-state index >= 15 is 0 Å². The molecule has 1 aromatic heterocycles. The van der Waals surface area contributed by atoms with Crippen molar-refractivity contribution in [2.45, 2.75) is 6.92 Å². The first-order valence-electron chi connectivity index (χ1n) is 7.69. The Balaban J connectivity index is 2.13. The zero-order valence-electron chi connectivity index (χ0n) is 13.6. The van der Waals surface area contributed by atoms with Crippen molar-refractivity contribution < 1.29 is 14.3 Å². The monoisotopic (exact) mass is 322 g/mol. The fraction of sp³-hybridized carbons (Fsp3) is 0.158. The maximum Gasteiger partial charge on any atom is 0.331 e. The van der Waals surface area contributed by atoms with Crippen LogP contribution in [0.2, 0.25) is 0 Å². The van der Waals surface area contributed by atoms with Gasteiger partial charge in [-0.25, -0.2) is 4.79 Å². The summed E-state index contributed by atoms with van der Waals surface area (Å²) in [7, 11) is 1.58. The smallest absolute Gasteiger partial charge is 0.331 e. The molecule has 1 N–H and O–H groups in total. The summed E-state index contributed by atoms with van der Waals surface area (Å²) in [6.45, 7) is 2.13. The van der Waals surface area contributed by atoms with Crippen molar-refractivity contribution >= 4 is 22.4 Å². The lowest BCUT2D eigenvalue weighted by Gasteiger charge is -2.09. The van der Waals surface area contributed by atoms with Crippen molar-refractivity contribution in [2.24, 2.45) is 0 Å². The molecule has 5 heteroatoms. The molecule has 1 heterocycles. The highest BCUT2D eigenvalue weighted by atomic mass is 16.5. The molecule has 24 heavy (non-hydrogen) atoms. The second-order valence-electron chi connectivity index (χ2n) is 5.17. The van der Waals surface area contributed by atoms with Crippen LogP contribution in [-0.4, -0.2) is 29.9 Å². The molecule has 0 atom stereocenters. The van der Waals surface area contributed by atoms with Gasteiger partial charge >= 0.3 is 5.97 Å². The van der Waals surface area contributed by atoms with Crippen LogP contribution in [0.1, 0.15) is 18.1 Å². The van der Waals surface area contributed by atoms with E-state index in [0.29, 0.717) is 12.5 Å². The van der Waals surface area contributed by atoms with Gasteiger partial charge in [-0.05, 0) is 35.8 Å². The SMILES string of the molecule is CCOC(=O)/C=C(/c1ccccc1)c1ccc2[nH]nc(OC)c2c1. The summed E-state index contributed by atoms with van der Waals surface area (Å²) in [5.74, 6) is 0.158. The van der Waals surface area contributed by atoms with E-state index < -0.39 is 0 Å². The van der Waals surface area contributed by atoms with Crippen molar-refractivity contribution in [2.75, 3.05) is 13.7 Å². The lowest BCUT2D eigenvalue weighted by Crippen LogP contribution is -2.01. The molecule has 3 rings (SSSR count). The Hall–Kier alpha value is -3.08. The number of carbonyl (C=O) groups excluding carboxylic acids is 1. The van der Waals surface area contributed by atoms with E-state index in [1.807, 2.05) is 48.5 Å². The van der Waals surface area contributed by atoms with E-state index in [4.69, 9.17) is 9.47 Å². The molecule has 0 unspecified atom stereocenters. The minimum Gasteiger partial charge on any atom is -0.480 e. The number of nitrogens with one attached hydrogen (secondary N) is 1. The second kappa shape index (κ2) is 7.00. The number of aromatic nitrogens is 2. The Labute approximate surface area is 139 Å². The van der Waals surface area contributed by atoms with E-state index in [9.17, 15) is 4.79 Å². The molecule has 2 aromatic carbocycles. The molecule has 5 nitrogen and oxygen atoms in total. The molecule has 0 aliphatic carbocycles. The molecule has 0 fully saturated rings. The van der Waals surface area contributed by atoms with Crippen LogP contribution in [0, 0.1) is 0 Å². The third kappa shape index (κ3) is 3.15. The first-order valence-corrected chi connectivity index (χ1v) is 7.69. The lowest BCUT2D eigenvalue weighted by molar-refractivity contribution is -0.137. The van der Waals surface area contributed by atoms with Gasteiger partial charge in [-0.15, -0.1) is 5.10 Å². The molecule has 0 aliphatic rings. The van der Waals surface area contributed by atoms with Gasteiger partial charge in [0.1, 0.15) is 0 Å². The Kier molecular flexibility index (Phi) is 4.61. The summed E-state index contributed by atoms with van der Waals surface area (Å²) in [6, 6.07) is 15.5. The zero-order valence-corrected chi connectivity index (χ0v) is 13.6. The van der Waals surface area contributed by atoms with Crippen LogP contribution in [0.4, 0.5) is 0 Å². The van der Waals surface area contributed by atoms with Crippen molar-refractivity contribution in [1.82, 2.24) is 10.2 Å². The highest BCUT2D eigenvalue weighted by Crippen LogP contribution is 2.29. The first kappa shape index (κ1) is 15.8. The minimum atomic E-state index is -0.365. The number of carbonyl (C=O) groups is 1. The van der Waals surface area contributed by atoms with Crippen molar-refractivity contribution in [3.8, 4) is 5.88 Å². The second-order valence-corrected chi connectivity index (χ2v) is 5.17. The number of H-pyrrole nitrogens is 1. The third-order valence-electron chi connectivity index (χ3n) is 3.67. The predicted molar refractivity (Wildman–Crippen MR) is 92.8 cm³/mol. The van der Waals surface area contributed by atoms with Crippen molar-refractivity contribution in [3.05, 3.63) is 65.7 Å². The van der Waals surface area contributed by atoms with Gasteiger partial charge < -0.3 is 9.47 Å². The molecule has 122 valence electrons. The molecule has 0 saturated carbocycles. The summed E-state index contributed by atoms with van der Waals surface area (Å²) >= 11 is 0. The van der Waals surface area contributed by atoms with Crippen molar-refractivity contribution in [3.63, 3.8) is 0 Å². The highest BCUT2D eigenvalue weighted by molar-refractivity contribution is 5.98. The normalized spacial score (nSPS) is 11.5. The minimum absolute atomic E-state index is 0.339. The number of hydrogen-bond donors (Lipinski definition) is 1. The van der Waals surface area contributed by atoms with Crippen LogP contribution in [-0.2, 0) is 9.53 Å². The molecule has 0 radical (unpaired) electrons. The van der Waals surface area contributed by atoms with Gasteiger partial charge in [0.25, 0.3) is 0 Å². The summed E-state index contributed by atoms with van der Waals surface area (Å²) in [5, 5.41) is 7.90. The van der Waals surface area contributed by atoms with Gasteiger partial charge in [0, 0.05) is 6.08 Å². The topological polar surface area (TPSA) is 64.2 Å². The number of methoxy groups -OCH3 is 1. The van der Waals surface area contributed by atoms with Gasteiger partial charge in [-0.3, -0.25) is 5.10 Å². The Morgan fingerprint density at radius 2 is 1.96 bits per heavy atom. The van der Waals surface area contributed by atoms with Gasteiger partial charge in [-0.2, -0.15) is 0 Å². The summed E-state index contributed by atoms with van der Waals surface area (Å²) in [4.78, 5) is 12.0. The predicted octanol–water partition coefficient (Wildman–Crippen LogP) is 3.57. The molecule has 0 aliphatic heterocycles. The van der Waals surface area contributed by atoms with E-state index in [0.717, 1.165) is 27.6 Å². The number of hydrogen-bond acceptors (Lipinski definition) is 4. The number of benzene rings is 2. The number of nitrogens with zero attached hydrogens (tertiary/aromatic N) is 1. The van der Waals surface area contributed by atoms with Gasteiger partial charge in [0.15, 0.2) is 0 Å². The average molecular weight is 322 g/mol. The van der Waals surface area contributed by atoms with E-state index in [1.54, 1.807) is 14.0 Å². The average Bonchev–Trinajstić information content (AvgIpc) is 3.03. The fourth-order valence-corrected chi connectivity index (χ4v) is 2.57. The molecular formula is C19H18N2O3. The van der Waals surface area contributed by atoms with Crippen molar-refractivity contribution in [1.29, 1.82) is 0 Å². The Morgan fingerprint density at radius 3 is 2.67 bits per heavy atom. The fourth-order valence-electron chi connectivity index (χ4n) is 2.57. The number of rotatable bonds is 5. The Bertz CT molecular complexity index is 882. The zero-order chi connectivity index (χ0) is 16.9. The molecule has 0 saturated heterocycles. The number of aromatic amines is 1. The number of ether oxygens (including phenoxy) is 2. The molecule has 0 amide bonds. The standard InChI is InChI=1S/C19H18N2O3/c1-3-24-18(22)12-15(13-7-5-4-6-8-13)14-9-10-17-16(11-14)19(23-2)21-20-17/h4-12H,3H2,1-2H3,(H,20,21)/b15-12-. The Morgan fingerprint density at radius 1 is 1.17 bits per heavy atom. The molecular weight excluding hydrogens is 304 g/mol. The van der Waals surface area contributed by atoms with Gasteiger partial charge in [-0.1, -0.05) is 36.4 Å².